The second-order valence-corrected chi connectivity index (χ2v) is 4.91. The fourth-order valence-electron chi connectivity index (χ4n) is 1.83. The second-order valence-electron chi connectivity index (χ2n) is 4.91. The van der Waals surface area contributed by atoms with Crippen LogP contribution in [0.3, 0.4) is 0 Å². The summed E-state index contributed by atoms with van der Waals surface area (Å²) in [4.78, 5) is 0. The van der Waals surface area contributed by atoms with E-state index in [9.17, 15) is 10.2 Å². The van der Waals surface area contributed by atoms with E-state index in [0.717, 1.165) is 5.56 Å². The number of rotatable bonds is 5. The van der Waals surface area contributed by atoms with Gasteiger partial charge in [-0.15, -0.1) is 12.4 Å². The summed E-state index contributed by atoms with van der Waals surface area (Å²) in [6, 6.07) is 14.5. The molecule has 0 heterocycles. The molecular weight excluding hydrogens is 262 g/mol. The van der Waals surface area contributed by atoms with Gasteiger partial charge in [0.2, 0.25) is 0 Å². The van der Waals surface area contributed by atoms with Crippen LogP contribution < -0.4 is 5.32 Å². The number of benzene rings is 2. The minimum atomic E-state index is -0.633. The normalized spacial score (nSPS) is 11.3. The molecule has 0 aliphatic rings. The quantitative estimate of drug-likeness (QED) is 0.787. The molecule has 3 N–H and O–H groups in total. The monoisotopic (exact) mass is 281 g/mol. The van der Waals surface area contributed by atoms with Crippen molar-refractivity contribution in [3.63, 3.8) is 0 Å². The van der Waals surface area contributed by atoms with Crippen molar-refractivity contribution in [2.75, 3.05) is 13.2 Å². The highest BCUT2D eigenvalue weighted by molar-refractivity contribution is 5.85. The van der Waals surface area contributed by atoms with Crippen LogP contribution >= 0.6 is 12.4 Å². The van der Waals surface area contributed by atoms with Crippen molar-refractivity contribution in [3.05, 3.63) is 48.0 Å². The van der Waals surface area contributed by atoms with Crippen molar-refractivity contribution in [2.24, 2.45) is 0 Å². The number of hydrogen-bond donors (Lipinski definition) is 3. The van der Waals surface area contributed by atoms with Crippen LogP contribution in [0.5, 0.6) is 0 Å². The summed E-state index contributed by atoms with van der Waals surface area (Å²) in [7, 11) is 0. The smallest absolute Gasteiger partial charge is 0.0633 e. The van der Waals surface area contributed by atoms with E-state index in [4.69, 9.17) is 0 Å². The van der Waals surface area contributed by atoms with Crippen LogP contribution in [0.1, 0.15) is 12.5 Å². The highest BCUT2D eigenvalue weighted by Gasteiger charge is 2.20. The first kappa shape index (κ1) is 15.9. The lowest BCUT2D eigenvalue weighted by molar-refractivity contribution is 0.103. The molecule has 104 valence electrons. The largest absolute Gasteiger partial charge is 0.394 e. The van der Waals surface area contributed by atoms with Gasteiger partial charge >= 0.3 is 0 Å². The highest BCUT2D eigenvalue weighted by atomic mass is 35.5. The fourth-order valence-corrected chi connectivity index (χ4v) is 1.83. The van der Waals surface area contributed by atoms with Crippen molar-refractivity contribution in [1.29, 1.82) is 0 Å². The Morgan fingerprint density at radius 1 is 1.00 bits per heavy atom. The van der Waals surface area contributed by atoms with E-state index in [0.29, 0.717) is 6.54 Å². The first-order valence-corrected chi connectivity index (χ1v) is 6.11. The molecule has 0 unspecified atom stereocenters. The molecule has 19 heavy (non-hydrogen) atoms. The maximum absolute atomic E-state index is 9.21. The minimum Gasteiger partial charge on any atom is -0.394 e. The van der Waals surface area contributed by atoms with Gasteiger partial charge in [-0.05, 0) is 29.3 Å². The Balaban J connectivity index is 0.00000180. The molecule has 0 radical (unpaired) electrons. The Morgan fingerprint density at radius 2 is 1.63 bits per heavy atom. The van der Waals surface area contributed by atoms with E-state index < -0.39 is 5.54 Å². The molecule has 0 atom stereocenters. The lowest BCUT2D eigenvalue weighted by atomic mass is 10.0. The van der Waals surface area contributed by atoms with Gasteiger partial charge in [0.1, 0.15) is 0 Å². The van der Waals surface area contributed by atoms with Gasteiger partial charge in [0.25, 0.3) is 0 Å². The molecule has 0 bridgehead atoms. The molecule has 0 fully saturated rings. The van der Waals surface area contributed by atoms with Gasteiger partial charge in [0.05, 0.1) is 18.8 Å². The standard InChI is InChI=1S/C15H19NO2.ClH/c1-15(10-17,11-18)16-9-12-6-7-13-4-2-3-5-14(13)8-12;/h2-8,16-18H,9-11H2,1H3;1H. The van der Waals surface area contributed by atoms with Crippen LogP contribution in [0.2, 0.25) is 0 Å². The van der Waals surface area contributed by atoms with Crippen LogP contribution in [0.15, 0.2) is 42.5 Å². The molecule has 0 saturated carbocycles. The van der Waals surface area contributed by atoms with Gasteiger partial charge in [0.15, 0.2) is 0 Å². The maximum Gasteiger partial charge on any atom is 0.0633 e. The summed E-state index contributed by atoms with van der Waals surface area (Å²) < 4.78 is 0. The van der Waals surface area contributed by atoms with Crippen molar-refractivity contribution in [1.82, 2.24) is 5.32 Å². The number of hydrogen-bond acceptors (Lipinski definition) is 3. The number of halogens is 1. The molecule has 4 heteroatoms. The summed E-state index contributed by atoms with van der Waals surface area (Å²) in [5.74, 6) is 0. The van der Waals surface area contributed by atoms with Crippen LogP contribution in [-0.2, 0) is 6.54 Å². The molecule has 0 saturated heterocycles. The van der Waals surface area contributed by atoms with E-state index in [2.05, 4.69) is 35.6 Å². The first-order valence-electron chi connectivity index (χ1n) is 6.11. The lowest BCUT2D eigenvalue weighted by Gasteiger charge is -2.26. The molecule has 0 amide bonds. The van der Waals surface area contributed by atoms with Gasteiger partial charge in [0, 0.05) is 6.54 Å². The van der Waals surface area contributed by atoms with Gasteiger partial charge in [-0.2, -0.15) is 0 Å². The van der Waals surface area contributed by atoms with Crippen molar-refractivity contribution >= 4 is 23.2 Å². The number of fused-ring (bicyclic) bond motifs is 1. The number of aliphatic hydroxyl groups excluding tert-OH is 2. The van der Waals surface area contributed by atoms with Gasteiger partial charge in [-0.3, -0.25) is 0 Å². The molecule has 3 nitrogen and oxygen atoms in total. The fraction of sp³-hybridized carbons (Fsp3) is 0.333. The average Bonchev–Trinajstić information content (AvgIpc) is 2.44. The lowest BCUT2D eigenvalue weighted by Crippen LogP contribution is -2.48. The van der Waals surface area contributed by atoms with E-state index in [1.807, 2.05) is 12.1 Å². The topological polar surface area (TPSA) is 52.5 Å². The molecule has 0 aliphatic carbocycles. The zero-order chi connectivity index (χ0) is 13.0. The third-order valence-electron chi connectivity index (χ3n) is 3.23. The summed E-state index contributed by atoms with van der Waals surface area (Å²) in [5.41, 5.74) is 0.507. The van der Waals surface area contributed by atoms with Gasteiger partial charge in [-0.1, -0.05) is 36.4 Å². The molecule has 0 spiro atoms. The number of aliphatic hydroxyl groups is 2. The Morgan fingerprint density at radius 3 is 2.26 bits per heavy atom. The van der Waals surface area contributed by atoms with E-state index in [-0.39, 0.29) is 25.6 Å². The summed E-state index contributed by atoms with van der Waals surface area (Å²) in [6.45, 7) is 2.25. The summed E-state index contributed by atoms with van der Waals surface area (Å²) in [6.07, 6.45) is 0. The highest BCUT2D eigenvalue weighted by Crippen LogP contribution is 2.16. The molecule has 2 aromatic carbocycles. The second kappa shape index (κ2) is 6.87. The Bertz CT molecular complexity index is 526. The third-order valence-corrected chi connectivity index (χ3v) is 3.23. The molecule has 0 aliphatic heterocycles. The van der Waals surface area contributed by atoms with Crippen molar-refractivity contribution in [2.45, 2.75) is 19.0 Å². The van der Waals surface area contributed by atoms with Crippen LogP contribution in [0.25, 0.3) is 10.8 Å². The van der Waals surface area contributed by atoms with E-state index in [1.165, 1.54) is 10.8 Å². The van der Waals surface area contributed by atoms with Crippen molar-refractivity contribution in [3.8, 4) is 0 Å². The van der Waals surface area contributed by atoms with E-state index >= 15 is 0 Å². The van der Waals surface area contributed by atoms with Crippen molar-refractivity contribution < 1.29 is 10.2 Å². The predicted molar refractivity (Wildman–Crippen MR) is 80.6 cm³/mol. The van der Waals surface area contributed by atoms with Gasteiger partial charge < -0.3 is 15.5 Å². The number of nitrogens with one attached hydrogen (secondary N) is 1. The third kappa shape index (κ3) is 3.91. The Labute approximate surface area is 119 Å². The molecular formula is C15H20ClNO2. The Kier molecular flexibility index (Phi) is 5.76. The zero-order valence-corrected chi connectivity index (χ0v) is 11.8. The maximum atomic E-state index is 9.21. The molecule has 0 aromatic heterocycles. The SMILES string of the molecule is CC(CO)(CO)NCc1ccc2ccccc2c1.Cl. The average molecular weight is 282 g/mol. The molecule has 2 rings (SSSR count). The predicted octanol–water partition coefficient (Wildman–Crippen LogP) is 2.09. The van der Waals surface area contributed by atoms with Crippen LogP contribution in [0, 0.1) is 0 Å². The zero-order valence-electron chi connectivity index (χ0n) is 11.0. The van der Waals surface area contributed by atoms with Crippen LogP contribution in [0.4, 0.5) is 0 Å². The van der Waals surface area contributed by atoms with Gasteiger partial charge in [-0.25, -0.2) is 0 Å². The summed E-state index contributed by atoms with van der Waals surface area (Å²) >= 11 is 0. The molecule has 2 aromatic rings. The minimum absolute atomic E-state index is 0. The van der Waals surface area contributed by atoms with Crippen LogP contribution in [-0.4, -0.2) is 29.0 Å². The van der Waals surface area contributed by atoms with E-state index in [1.54, 1.807) is 6.92 Å². The Hall–Kier alpha value is -1.13. The first-order chi connectivity index (χ1) is 8.67. The summed E-state index contributed by atoms with van der Waals surface area (Å²) in [5, 5.41) is 24.0.